The molecule has 0 heterocycles. The summed E-state index contributed by atoms with van der Waals surface area (Å²) in [6.45, 7) is 4.64. The van der Waals surface area contributed by atoms with E-state index in [1.807, 2.05) is 0 Å². The first-order valence-electron chi connectivity index (χ1n) is 5.93. The number of aliphatic hydroxyl groups excluding tert-OH is 1. The predicted octanol–water partition coefficient (Wildman–Crippen LogP) is 3.16. The van der Waals surface area contributed by atoms with Gasteiger partial charge in [0.15, 0.2) is 0 Å². The molecule has 1 nitrogen and oxygen atoms in total. The van der Waals surface area contributed by atoms with E-state index in [9.17, 15) is 5.11 Å². The Kier molecular flexibility index (Phi) is 2.25. The molecule has 3 rings (SSSR count). The SMILES string of the molecule is CC1(C)Cc2cc3c(cc2C1)C(O)C(Br)C3. The summed E-state index contributed by atoms with van der Waals surface area (Å²) in [4.78, 5) is 0.207. The molecule has 2 unspecified atom stereocenters. The lowest BCUT2D eigenvalue weighted by Gasteiger charge is -2.14. The molecule has 0 aliphatic heterocycles. The standard InChI is InChI=1S/C14H17BrO/c1-14(2)6-9-3-8-5-12(15)13(16)11(8)4-10(9)7-14/h3-4,12-13,16H,5-7H2,1-2H3. The van der Waals surface area contributed by atoms with Crippen molar-refractivity contribution in [1.29, 1.82) is 0 Å². The van der Waals surface area contributed by atoms with Gasteiger partial charge in [0, 0.05) is 4.83 Å². The highest BCUT2D eigenvalue weighted by Crippen LogP contribution is 2.42. The van der Waals surface area contributed by atoms with Crippen LogP contribution in [0.3, 0.4) is 0 Å². The van der Waals surface area contributed by atoms with Gasteiger partial charge < -0.3 is 5.11 Å². The quantitative estimate of drug-likeness (QED) is 0.724. The number of benzene rings is 1. The van der Waals surface area contributed by atoms with Crippen molar-refractivity contribution in [1.82, 2.24) is 0 Å². The van der Waals surface area contributed by atoms with E-state index in [0.29, 0.717) is 5.41 Å². The third-order valence-corrected chi connectivity index (χ3v) is 4.70. The van der Waals surface area contributed by atoms with Crippen LogP contribution >= 0.6 is 15.9 Å². The van der Waals surface area contributed by atoms with Crippen LogP contribution in [-0.4, -0.2) is 9.93 Å². The van der Waals surface area contributed by atoms with Crippen molar-refractivity contribution in [3.05, 3.63) is 34.4 Å². The average Bonchev–Trinajstić information content (AvgIpc) is 2.60. The average molecular weight is 281 g/mol. The lowest BCUT2D eigenvalue weighted by Crippen LogP contribution is -2.09. The van der Waals surface area contributed by atoms with Gasteiger partial charge in [-0.05, 0) is 46.9 Å². The van der Waals surface area contributed by atoms with E-state index < -0.39 is 0 Å². The topological polar surface area (TPSA) is 20.2 Å². The van der Waals surface area contributed by atoms with E-state index in [1.165, 1.54) is 23.1 Å². The fourth-order valence-electron chi connectivity index (χ4n) is 3.15. The first-order valence-corrected chi connectivity index (χ1v) is 6.84. The van der Waals surface area contributed by atoms with Crippen LogP contribution in [-0.2, 0) is 19.3 Å². The molecule has 2 aliphatic rings. The van der Waals surface area contributed by atoms with E-state index in [4.69, 9.17) is 0 Å². The molecule has 0 radical (unpaired) electrons. The molecule has 2 atom stereocenters. The summed E-state index contributed by atoms with van der Waals surface area (Å²) >= 11 is 3.55. The largest absolute Gasteiger partial charge is 0.387 e. The number of fused-ring (bicyclic) bond motifs is 2. The summed E-state index contributed by atoms with van der Waals surface area (Å²) in [6.07, 6.45) is 2.97. The molecule has 0 saturated heterocycles. The molecule has 0 bridgehead atoms. The van der Waals surface area contributed by atoms with Crippen LogP contribution < -0.4 is 0 Å². The van der Waals surface area contributed by atoms with Gasteiger partial charge in [0.05, 0.1) is 6.10 Å². The molecule has 1 N–H and O–H groups in total. The van der Waals surface area contributed by atoms with Gasteiger partial charge in [-0.25, -0.2) is 0 Å². The van der Waals surface area contributed by atoms with Crippen LogP contribution in [0.25, 0.3) is 0 Å². The van der Waals surface area contributed by atoms with Gasteiger partial charge in [-0.2, -0.15) is 0 Å². The monoisotopic (exact) mass is 280 g/mol. The molecule has 16 heavy (non-hydrogen) atoms. The second-order valence-corrected chi connectivity index (χ2v) is 7.18. The van der Waals surface area contributed by atoms with E-state index in [-0.39, 0.29) is 10.9 Å². The minimum Gasteiger partial charge on any atom is -0.387 e. The maximum atomic E-state index is 10.1. The third kappa shape index (κ3) is 1.54. The zero-order chi connectivity index (χ0) is 11.5. The van der Waals surface area contributed by atoms with Crippen LogP contribution in [0.1, 0.15) is 42.2 Å². The molecule has 2 heteroatoms. The maximum Gasteiger partial charge on any atom is 0.0920 e. The Morgan fingerprint density at radius 1 is 1.19 bits per heavy atom. The second kappa shape index (κ2) is 3.33. The van der Waals surface area contributed by atoms with Crippen molar-refractivity contribution in [2.75, 3.05) is 0 Å². The van der Waals surface area contributed by atoms with Gasteiger partial charge in [-0.15, -0.1) is 0 Å². The number of alkyl halides is 1. The normalized spacial score (nSPS) is 30.2. The van der Waals surface area contributed by atoms with Gasteiger partial charge in [0.2, 0.25) is 0 Å². The zero-order valence-corrected chi connectivity index (χ0v) is 11.3. The Labute approximate surface area is 105 Å². The summed E-state index contributed by atoms with van der Waals surface area (Å²) in [7, 11) is 0. The molecule has 2 aliphatic carbocycles. The fourth-order valence-corrected chi connectivity index (χ4v) is 3.78. The number of rotatable bonds is 0. The Bertz CT molecular complexity index is 450. The Morgan fingerprint density at radius 3 is 2.50 bits per heavy atom. The van der Waals surface area contributed by atoms with Gasteiger partial charge in [-0.1, -0.05) is 41.9 Å². The highest BCUT2D eigenvalue weighted by molar-refractivity contribution is 9.09. The van der Waals surface area contributed by atoms with E-state index in [2.05, 4.69) is 41.9 Å². The van der Waals surface area contributed by atoms with Gasteiger partial charge in [0.25, 0.3) is 0 Å². The van der Waals surface area contributed by atoms with Crippen molar-refractivity contribution < 1.29 is 5.11 Å². The molecule has 1 aromatic rings. The van der Waals surface area contributed by atoms with E-state index in [1.54, 1.807) is 0 Å². The van der Waals surface area contributed by atoms with Crippen LogP contribution in [0.15, 0.2) is 12.1 Å². The van der Waals surface area contributed by atoms with Crippen LogP contribution in [0, 0.1) is 5.41 Å². The number of aliphatic hydroxyl groups is 1. The number of hydrogen-bond acceptors (Lipinski definition) is 1. The highest BCUT2D eigenvalue weighted by Gasteiger charge is 2.34. The lowest BCUT2D eigenvalue weighted by atomic mass is 9.90. The first-order chi connectivity index (χ1) is 7.46. The van der Waals surface area contributed by atoms with Crippen molar-refractivity contribution in [2.45, 2.75) is 44.0 Å². The van der Waals surface area contributed by atoms with E-state index >= 15 is 0 Å². The predicted molar refractivity (Wildman–Crippen MR) is 69.0 cm³/mol. The zero-order valence-electron chi connectivity index (χ0n) is 9.76. The second-order valence-electron chi connectivity index (χ2n) is 6.00. The van der Waals surface area contributed by atoms with Crippen molar-refractivity contribution >= 4 is 15.9 Å². The Balaban J connectivity index is 2.06. The van der Waals surface area contributed by atoms with Gasteiger partial charge in [0.1, 0.15) is 0 Å². The molecule has 0 aromatic heterocycles. The molecule has 0 spiro atoms. The van der Waals surface area contributed by atoms with Crippen LogP contribution in [0.4, 0.5) is 0 Å². The van der Waals surface area contributed by atoms with Gasteiger partial charge in [-0.3, -0.25) is 0 Å². The Hall–Kier alpha value is -0.340. The molecule has 1 aromatic carbocycles. The van der Waals surface area contributed by atoms with Crippen molar-refractivity contribution in [3.8, 4) is 0 Å². The fraction of sp³-hybridized carbons (Fsp3) is 0.571. The summed E-state index contributed by atoms with van der Waals surface area (Å²) < 4.78 is 0. The first kappa shape index (κ1) is 10.8. The highest BCUT2D eigenvalue weighted by atomic mass is 79.9. The molecule has 0 fully saturated rings. The molecule has 0 amide bonds. The summed E-state index contributed by atoms with van der Waals surface area (Å²) in [5.74, 6) is 0. The van der Waals surface area contributed by atoms with E-state index in [0.717, 1.165) is 18.4 Å². The maximum absolute atomic E-state index is 10.1. The summed E-state index contributed by atoms with van der Waals surface area (Å²) in [5, 5.41) is 10.1. The van der Waals surface area contributed by atoms with Crippen molar-refractivity contribution in [3.63, 3.8) is 0 Å². The number of halogens is 1. The molecular formula is C14H17BrO. The minimum absolute atomic E-state index is 0.207. The van der Waals surface area contributed by atoms with Crippen LogP contribution in [0.5, 0.6) is 0 Å². The summed E-state index contributed by atoms with van der Waals surface area (Å²) in [6, 6.07) is 4.56. The van der Waals surface area contributed by atoms with Crippen LogP contribution in [0.2, 0.25) is 0 Å². The minimum atomic E-state index is -0.316. The summed E-state index contributed by atoms with van der Waals surface area (Å²) in [5.41, 5.74) is 5.84. The van der Waals surface area contributed by atoms with Crippen molar-refractivity contribution in [2.24, 2.45) is 5.41 Å². The lowest BCUT2D eigenvalue weighted by molar-refractivity contribution is 0.187. The van der Waals surface area contributed by atoms with Gasteiger partial charge >= 0.3 is 0 Å². The Morgan fingerprint density at radius 2 is 1.81 bits per heavy atom. The molecule has 0 saturated carbocycles. The molecule has 86 valence electrons. The third-order valence-electron chi connectivity index (χ3n) is 3.88. The smallest absolute Gasteiger partial charge is 0.0920 e. The molecular weight excluding hydrogens is 264 g/mol. The number of hydrogen-bond donors (Lipinski definition) is 1.